The number of hydrogen-bond donors (Lipinski definition) is 6. The van der Waals surface area contributed by atoms with Crippen LogP contribution in [0.4, 0.5) is 0 Å². The first-order chi connectivity index (χ1) is 14.1. The van der Waals surface area contributed by atoms with Crippen LogP contribution >= 0.6 is 0 Å². The van der Waals surface area contributed by atoms with Crippen molar-refractivity contribution in [3.05, 3.63) is 59.7 Å². The third kappa shape index (κ3) is 5.61. The molecule has 1 aliphatic heterocycles. The number of carbonyl (C=O) groups is 2. The van der Waals surface area contributed by atoms with Crippen molar-refractivity contribution in [1.29, 1.82) is 0 Å². The van der Waals surface area contributed by atoms with Crippen LogP contribution in [0, 0.1) is 0 Å². The van der Waals surface area contributed by atoms with Crippen LogP contribution in [0.5, 0.6) is 0 Å². The number of nitrogens with two attached hydrogens (primary N) is 1. The van der Waals surface area contributed by atoms with Gasteiger partial charge in [0.2, 0.25) is 0 Å². The van der Waals surface area contributed by atoms with Crippen molar-refractivity contribution in [2.75, 3.05) is 19.6 Å². The minimum absolute atomic E-state index is 0.116. The van der Waals surface area contributed by atoms with Gasteiger partial charge in [-0.05, 0) is 41.8 Å². The lowest BCUT2D eigenvalue weighted by molar-refractivity contribution is -0.130. The molecule has 1 heterocycles. The highest BCUT2D eigenvalue weighted by Crippen LogP contribution is 2.20. The van der Waals surface area contributed by atoms with E-state index in [0.29, 0.717) is 11.6 Å². The van der Waals surface area contributed by atoms with Gasteiger partial charge in [0.25, 0.3) is 11.8 Å². The summed E-state index contributed by atoms with van der Waals surface area (Å²) in [6, 6.07) is 15.0. The molecule has 0 bridgehead atoms. The van der Waals surface area contributed by atoms with Gasteiger partial charge in [-0.25, -0.2) is 5.48 Å². The van der Waals surface area contributed by atoms with E-state index in [4.69, 9.17) is 10.9 Å². The normalized spacial score (nSPS) is 17.0. The number of amides is 2. The van der Waals surface area contributed by atoms with Gasteiger partial charge in [-0.2, -0.15) is 0 Å². The minimum atomic E-state index is -0.992. The molecule has 3 rings (SSSR count). The number of carbonyl (C=O) groups excluding carboxylic acids is 2. The second-order valence-electron chi connectivity index (χ2n) is 7.08. The van der Waals surface area contributed by atoms with Crippen LogP contribution in [-0.4, -0.2) is 48.7 Å². The Balaban J connectivity index is 1.59. The Labute approximate surface area is 169 Å². The molecule has 29 heavy (non-hydrogen) atoms. The third-order valence-electron chi connectivity index (χ3n) is 5.06. The summed E-state index contributed by atoms with van der Waals surface area (Å²) < 4.78 is 0. The summed E-state index contributed by atoms with van der Waals surface area (Å²) in [4.78, 5) is 23.7. The lowest BCUT2D eigenvalue weighted by Gasteiger charge is -2.14. The molecule has 2 amide bonds. The average molecular weight is 397 g/mol. The van der Waals surface area contributed by atoms with Gasteiger partial charge in [-0.15, -0.1) is 0 Å². The molecule has 1 saturated heterocycles. The highest BCUT2D eigenvalue weighted by Gasteiger charge is 2.19. The third-order valence-corrected chi connectivity index (χ3v) is 5.06. The van der Waals surface area contributed by atoms with Gasteiger partial charge in [0.05, 0.1) is 0 Å². The number of nitrogens with one attached hydrogen (secondary N) is 4. The SMILES string of the molecule is NC[C@H](NC(=O)c1ccc(-c2ccc(CNC3CCNC3)cc2)cc1)C(=O)NO. The Morgan fingerprint density at radius 3 is 2.31 bits per heavy atom. The van der Waals surface area contributed by atoms with Gasteiger partial charge in [0.1, 0.15) is 6.04 Å². The maximum atomic E-state index is 12.3. The zero-order valence-corrected chi connectivity index (χ0v) is 16.2. The molecule has 1 unspecified atom stereocenters. The van der Waals surface area contributed by atoms with Gasteiger partial charge in [-0.1, -0.05) is 36.4 Å². The first-order valence-corrected chi connectivity index (χ1v) is 9.69. The number of benzene rings is 2. The summed E-state index contributed by atoms with van der Waals surface area (Å²) in [5.41, 5.74) is 10.6. The quantitative estimate of drug-likeness (QED) is 0.282. The lowest BCUT2D eigenvalue weighted by atomic mass is 10.0. The molecule has 0 radical (unpaired) electrons. The van der Waals surface area contributed by atoms with Gasteiger partial charge < -0.3 is 21.7 Å². The Hall–Kier alpha value is -2.78. The summed E-state index contributed by atoms with van der Waals surface area (Å²) in [7, 11) is 0. The second kappa shape index (κ2) is 10.1. The molecule has 2 aromatic rings. The molecule has 2 aromatic carbocycles. The van der Waals surface area contributed by atoms with E-state index >= 15 is 0 Å². The van der Waals surface area contributed by atoms with Crippen LogP contribution in [-0.2, 0) is 11.3 Å². The first kappa shape index (κ1) is 20.9. The maximum absolute atomic E-state index is 12.3. The van der Waals surface area contributed by atoms with E-state index < -0.39 is 17.9 Å². The van der Waals surface area contributed by atoms with E-state index in [1.165, 1.54) is 11.0 Å². The first-order valence-electron chi connectivity index (χ1n) is 9.69. The van der Waals surface area contributed by atoms with E-state index in [9.17, 15) is 9.59 Å². The van der Waals surface area contributed by atoms with Crippen molar-refractivity contribution in [2.45, 2.75) is 25.0 Å². The standard InChI is InChI=1S/C21H27N5O3/c22-11-19(21(28)26-29)25-20(27)17-7-5-16(6-8-17)15-3-1-14(2-4-15)12-24-18-9-10-23-13-18/h1-8,18-19,23-24,29H,9-13,22H2,(H,25,27)(H,26,28)/t18?,19-/m0/s1. The van der Waals surface area contributed by atoms with Crippen LogP contribution in [0.1, 0.15) is 22.3 Å². The molecular weight excluding hydrogens is 370 g/mol. The molecule has 0 aliphatic carbocycles. The lowest BCUT2D eigenvalue weighted by Crippen LogP contribution is -2.50. The Morgan fingerprint density at radius 1 is 1.10 bits per heavy atom. The number of hydroxylamine groups is 1. The molecule has 7 N–H and O–H groups in total. The average Bonchev–Trinajstić information content (AvgIpc) is 3.29. The highest BCUT2D eigenvalue weighted by atomic mass is 16.5. The molecule has 2 atom stereocenters. The van der Waals surface area contributed by atoms with Crippen molar-refractivity contribution in [3.63, 3.8) is 0 Å². The topological polar surface area (TPSA) is 129 Å². The Bertz CT molecular complexity index is 817. The molecule has 0 saturated carbocycles. The highest BCUT2D eigenvalue weighted by molar-refractivity contribution is 5.97. The van der Waals surface area contributed by atoms with E-state index in [0.717, 1.165) is 37.2 Å². The summed E-state index contributed by atoms with van der Waals surface area (Å²) in [5.74, 6) is -1.19. The molecule has 0 aromatic heterocycles. The van der Waals surface area contributed by atoms with E-state index in [-0.39, 0.29) is 6.54 Å². The zero-order chi connectivity index (χ0) is 20.6. The van der Waals surface area contributed by atoms with Gasteiger partial charge in [0, 0.05) is 31.2 Å². The number of rotatable bonds is 8. The summed E-state index contributed by atoms with van der Waals surface area (Å²) >= 11 is 0. The van der Waals surface area contributed by atoms with E-state index in [1.807, 2.05) is 12.1 Å². The van der Waals surface area contributed by atoms with Crippen molar-refractivity contribution in [2.24, 2.45) is 5.73 Å². The Kier molecular flexibility index (Phi) is 7.31. The molecule has 154 valence electrons. The summed E-state index contributed by atoms with van der Waals surface area (Å²) in [5, 5.41) is 18.1. The fourth-order valence-corrected chi connectivity index (χ4v) is 3.27. The monoisotopic (exact) mass is 397 g/mol. The van der Waals surface area contributed by atoms with E-state index in [2.05, 4.69) is 40.2 Å². The van der Waals surface area contributed by atoms with Crippen molar-refractivity contribution >= 4 is 11.8 Å². The predicted octanol–water partition coefficient (Wildman–Crippen LogP) is 0.368. The van der Waals surface area contributed by atoms with Crippen LogP contribution in [0.15, 0.2) is 48.5 Å². The van der Waals surface area contributed by atoms with Gasteiger partial charge >= 0.3 is 0 Å². The predicted molar refractivity (Wildman–Crippen MR) is 110 cm³/mol. The molecule has 1 aliphatic rings. The van der Waals surface area contributed by atoms with E-state index in [1.54, 1.807) is 12.1 Å². The molecular formula is C21H27N5O3. The number of hydrogen-bond acceptors (Lipinski definition) is 6. The summed E-state index contributed by atoms with van der Waals surface area (Å²) in [6.07, 6.45) is 1.16. The van der Waals surface area contributed by atoms with Crippen molar-refractivity contribution in [1.82, 2.24) is 21.4 Å². The largest absolute Gasteiger partial charge is 0.339 e. The molecule has 0 spiro atoms. The van der Waals surface area contributed by atoms with Gasteiger partial charge in [-0.3, -0.25) is 14.8 Å². The van der Waals surface area contributed by atoms with Gasteiger partial charge in [0.15, 0.2) is 0 Å². The van der Waals surface area contributed by atoms with Crippen LogP contribution < -0.4 is 27.2 Å². The smallest absolute Gasteiger partial charge is 0.267 e. The zero-order valence-electron chi connectivity index (χ0n) is 16.2. The van der Waals surface area contributed by atoms with Crippen LogP contribution in [0.3, 0.4) is 0 Å². The minimum Gasteiger partial charge on any atom is -0.339 e. The molecule has 1 fully saturated rings. The molecule has 8 nitrogen and oxygen atoms in total. The molecule has 8 heteroatoms. The van der Waals surface area contributed by atoms with Crippen LogP contribution in [0.25, 0.3) is 11.1 Å². The van der Waals surface area contributed by atoms with Crippen molar-refractivity contribution in [3.8, 4) is 11.1 Å². The van der Waals surface area contributed by atoms with Crippen LogP contribution in [0.2, 0.25) is 0 Å². The summed E-state index contributed by atoms with van der Waals surface area (Å²) in [6.45, 7) is 2.82. The van der Waals surface area contributed by atoms with Crippen molar-refractivity contribution < 1.29 is 14.8 Å². The fraction of sp³-hybridized carbons (Fsp3) is 0.333. The fourth-order valence-electron chi connectivity index (χ4n) is 3.27. The Morgan fingerprint density at radius 2 is 1.76 bits per heavy atom. The second-order valence-corrected chi connectivity index (χ2v) is 7.08. The maximum Gasteiger partial charge on any atom is 0.267 e.